The Balaban J connectivity index is 1.09. The average Bonchev–Trinajstić information content (AvgIpc) is 3.72. The standard InChI is InChI=1S/C45H29N3O/c1-2-11-32(12-3-1)47(33-22-19-31(20-23-33)36-15-8-17-41-43(36)44-42(49-41)18-9-29-46-44)34-24-26-35(27-25-34)48-40-16-7-6-14-38(40)39-28-21-30-10-4-5-13-37(30)45(39)48/h1-29H. The Hall–Kier alpha value is -6.65. The Kier molecular flexibility index (Phi) is 6.15. The molecule has 7 aromatic carbocycles. The van der Waals surface area contributed by atoms with Crippen LogP contribution >= 0.6 is 0 Å². The fourth-order valence-corrected chi connectivity index (χ4v) is 7.44. The molecule has 0 bridgehead atoms. The van der Waals surface area contributed by atoms with Crippen LogP contribution in [0.4, 0.5) is 17.1 Å². The van der Waals surface area contributed by atoms with Gasteiger partial charge in [0.15, 0.2) is 5.58 Å². The number of anilines is 3. The highest BCUT2D eigenvalue weighted by molar-refractivity contribution is 6.18. The Morgan fingerprint density at radius 1 is 0.490 bits per heavy atom. The van der Waals surface area contributed by atoms with E-state index in [1.54, 1.807) is 0 Å². The zero-order valence-electron chi connectivity index (χ0n) is 26.5. The first-order valence-corrected chi connectivity index (χ1v) is 16.5. The number of furan rings is 1. The van der Waals surface area contributed by atoms with E-state index in [1.165, 1.54) is 32.6 Å². The lowest BCUT2D eigenvalue weighted by Crippen LogP contribution is -2.10. The van der Waals surface area contributed by atoms with Crippen molar-refractivity contribution in [2.45, 2.75) is 0 Å². The third-order valence-electron chi connectivity index (χ3n) is 9.63. The van der Waals surface area contributed by atoms with Crippen molar-refractivity contribution >= 4 is 71.7 Å². The number of benzene rings is 7. The molecule has 49 heavy (non-hydrogen) atoms. The Labute approximate surface area is 282 Å². The first-order chi connectivity index (χ1) is 24.3. The quantitative estimate of drug-likeness (QED) is 0.190. The summed E-state index contributed by atoms with van der Waals surface area (Å²) in [6.07, 6.45) is 1.82. The number of hydrogen-bond acceptors (Lipinski definition) is 3. The summed E-state index contributed by atoms with van der Waals surface area (Å²) < 4.78 is 8.53. The highest BCUT2D eigenvalue weighted by atomic mass is 16.3. The minimum atomic E-state index is 0.800. The summed E-state index contributed by atoms with van der Waals surface area (Å²) in [6.45, 7) is 0. The molecular weight excluding hydrogens is 599 g/mol. The molecule has 0 atom stereocenters. The maximum Gasteiger partial charge on any atom is 0.153 e. The smallest absolute Gasteiger partial charge is 0.153 e. The van der Waals surface area contributed by atoms with Crippen LogP contribution < -0.4 is 4.90 Å². The van der Waals surface area contributed by atoms with E-state index in [1.807, 2.05) is 30.5 Å². The second kappa shape index (κ2) is 11.0. The van der Waals surface area contributed by atoms with E-state index in [-0.39, 0.29) is 0 Å². The van der Waals surface area contributed by atoms with E-state index in [2.05, 4.69) is 160 Å². The highest BCUT2D eigenvalue weighted by Crippen LogP contribution is 2.40. The summed E-state index contributed by atoms with van der Waals surface area (Å²) in [5.74, 6) is 0. The van der Waals surface area contributed by atoms with E-state index >= 15 is 0 Å². The lowest BCUT2D eigenvalue weighted by Gasteiger charge is -2.26. The number of hydrogen-bond donors (Lipinski definition) is 0. The van der Waals surface area contributed by atoms with Gasteiger partial charge >= 0.3 is 0 Å². The molecule has 10 aromatic rings. The third-order valence-corrected chi connectivity index (χ3v) is 9.63. The van der Waals surface area contributed by atoms with E-state index in [0.29, 0.717) is 0 Å². The van der Waals surface area contributed by atoms with Gasteiger partial charge in [0, 0.05) is 45.1 Å². The third kappa shape index (κ3) is 4.35. The van der Waals surface area contributed by atoms with Gasteiger partial charge in [0.2, 0.25) is 0 Å². The average molecular weight is 628 g/mol. The summed E-state index contributed by atoms with van der Waals surface area (Å²) in [4.78, 5) is 6.96. The second-order valence-corrected chi connectivity index (χ2v) is 12.4. The van der Waals surface area contributed by atoms with Crippen molar-refractivity contribution in [1.82, 2.24) is 9.55 Å². The molecule has 0 aliphatic carbocycles. The van der Waals surface area contributed by atoms with Crippen LogP contribution in [0.15, 0.2) is 180 Å². The van der Waals surface area contributed by atoms with Crippen LogP contribution in [0.1, 0.15) is 0 Å². The van der Waals surface area contributed by atoms with Gasteiger partial charge in [-0.15, -0.1) is 0 Å². The molecular formula is C45H29N3O. The SMILES string of the molecule is c1ccc(N(c2ccc(-c3cccc4oc5cccnc5c34)cc2)c2ccc(-n3c4ccccc4c4ccc5ccccc5c43)cc2)cc1. The van der Waals surface area contributed by atoms with Crippen LogP contribution in [-0.2, 0) is 0 Å². The molecule has 0 aliphatic rings. The van der Waals surface area contributed by atoms with Crippen LogP contribution in [-0.4, -0.2) is 9.55 Å². The minimum Gasteiger partial charge on any atom is -0.454 e. The Bertz CT molecular complexity index is 2810. The predicted molar refractivity (Wildman–Crippen MR) is 203 cm³/mol. The van der Waals surface area contributed by atoms with Crippen molar-refractivity contribution in [2.24, 2.45) is 0 Å². The van der Waals surface area contributed by atoms with E-state index in [0.717, 1.165) is 55.9 Å². The summed E-state index contributed by atoms with van der Waals surface area (Å²) in [7, 11) is 0. The fraction of sp³-hybridized carbons (Fsp3) is 0. The predicted octanol–water partition coefficient (Wildman–Crippen LogP) is 12.4. The molecule has 0 radical (unpaired) electrons. The first kappa shape index (κ1) is 27.5. The maximum absolute atomic E-state index is 6.12. The van der Waals surface area contributed by atoms with Gasteiger partial charge in [0.05, 0.1) is 16.4 Å². The van der Waals surface area contributed by atoms with E-state index < -0.39 is 0 Å². The Morgan fingerprint density at radius 2 is 1.18 bits per heavy atom. The molecule has 0 N–H and O–H groups in total. The monoisotopic (exact) mass is 627 g/mol. The molecule has 4 heteroatoms. The zero-order valence-corrected chi connectivity index (χ0v) is 26.5. The van der Waals surface area contributed by atoms with Gasteiger partial charge in [-0.25, -0.2) is 0 Å². The maximum atomic E-state index is 6.12. The number of para-hydroxylation sites is 2. The summed E-state index contributed by atoms with van der Waals surface area (Å²) in [5.41, 5.74) is 11.6. The lowest BCUT2D eigenvalue weighted by atomic mass is 10.0. The van der Waals surface area contributed by atoms with Crippen LogP contribution in [0.2, 0.25) is 0 Å². The van der Waals surface area contributed by atoms with Crippen molar-refractivity contribution in [1.29, 1.82) is 0 Å². The van der Waals surface area contributed by atoms with Gasteiger partial charge in [0.25, 0.3) is 0 Å². The molecule has 3 heterocycles. The normalized spacial score (nSPS) is 11.7. The van der Waals surface area contributed by atoms with Crippen molar-refractivity contribution in [3.8, 4) is 16.8 Å². The molecule has 0 saturated heterocycles. The van der Waals surface area contributed by atoms with Crippen LogP contribution in [0.5, 0.6) is 0 Å². The van der Waals surface area contributed by atoms with Crippen LogP contribution in [0, 0.1) is 0 Å². The van der Waals surface area contributed by atoms with Gasteiger partial charge in [-0.1, -0.05) is 97.1 Å². The molecule has 0 spiro atoms. The van der Waals surface area contributed by atoms with Gasteiger partial charge < -0.3 is 13.9 Å². The lowest BCUT2D eigenvalue weighted by molar-refractivity contribution is 0.668. The largest absolute Gasteiger partial charge is 0.454 e. The number of pyridine rings is 1. The molecule has 0 unspecified atom stereocenters. The van der Waals surface area contributed by atoms with Gasteiger partial charge in [-0.3, -0.25) is 4.98 Å². The molecule has 0 fully saturated rings. The van der Waals surface area contributed by atoms with Crippen LogP contribution in [0.25, 0.3) is 71.5 Å². The number of rotatable bonds is 5. The molecule has 230 valence electrons. The number of nitrogens with zero attached hydrogens (tertiary/aromatic N) is 3. The fourth-order valence-electron chi connectivity index (χ4n) is 7.44. The molecule has 3 aromatic heterocycles. The number of aromatic nitrogens is 2. The van der Waals surface area contributed by atoms with Crippen LogP contribution in [0.3, 0.4) is 0 Å². The summed E-state index contributed by atoms with van der Waals surface area (Å²) in [6, 6.07) is 60.2. The molecule has 0 amide bonds. The highest BCUT2D eigenvalue weighted by Gasteiger charge is 2.18. The number of fused-ring (bicyclic) bond motifs is 8. The second-order valence-electron chi connectivity index (χ2n) is 12.4. The molecule has 4 nitrogen and oxygen atoms in total. The van der Waals surface area contributed by atoms with Crippen molar-refractivity contribution < 1.29 is 4.42 Å². The zero-order chi connectivity index (χ0) is 32.3. The topological polar surface area (TPSA) is 34.2 Å². The summed E-state index contributed by atoms with van der Waals surface area (Å²) in [5, 5.41) is 6.05. The van der Waals surface area contributed by atoms with E-state index in [9.17, 15) is 0 Å². The van der Waals surface area contributed by atoms with Crippen molar-refractivity contribution in [3.63, 3.8) is 0 Å². The minimum absolute atomic E-state index is 0.800. The Morgan fingerprint density at radius 3 is 2.02 bits per heavy atom. The summed E-state index contributed by atoms with van der Waals surface area (Å²) >= 11 is 0. The molecule has 0 saturated carbocycles. The van der Waals surface area contributed by atoms with Gasteiger partial charge in [0.1, 0.15) is 11.1 Å². The molecule has 10 rings (SSSR count). The molecule has 0 aliphatic heterocycles. The first-order valence-electron chi connectivity index (χ1n) is 16.5. The van der Waals surface area contributed by atoms with Crippen molar-refractivity contribution in [3.05, 3.63) is 176 Å². The van der Waals surface area contributed by atoms with Gasteiger partial charge in [-0.2, -0.15) is 0 Å². The van der Waals surface area contributed by atoms with E-state index in [4.69, 9.17) is 4.42 Å². The van der Waals surface area contributed by atoms with Gasteiger partial charge in [-0.05, 0) is 89.3 Å². The van der Waals surface area contributed by atoms with Crippen molar-refractivity contribution in [2.75, 3.05) is 4.90 Å².